The number of aromatic nitrogens is 2. The van der Waals surface area contributed by atoms with Crippen LogP contribution in [0, 0.1) is 0 Å². The molecule has 0 saturated heterocycles. The van der Waals surface area contributed by atoms with Crippen molar-refractivity contribution in [2.75, 3.05) is 7.11 Å². The number of hydrogen-bond acceptors (Lipinski definition) is 4. The lowest BCUT2D eigenvalue weighted by atomic mass is 10.1. The molecule has 9 heteroatoms. The van der Waals surface area contributed by atoms with Crippen LogP contribution in [-0.4, -0.2) is 29.2 Å². The zero-order chi connectivity index (χ0) is 23.4. The van der Waals surface area contributed by atoms with E-state index < -0.39 is 17.6 Å². The number of aromatic amines is 1. The number of alkyl halides is 3. The van der Waals surface area contributed by atoms with Crippen molar-refractivity contribution in [2.45, 2.75) is 12.6 Å². The highest BCUT2D eigenvalue weighted by Crippen LogP contribution is 2.29. The summed E-state index contributed by atoms with van der Waals surface area (Å²) in [5.74, 6) is 1.02. The number of fused-ring (bicyclic) bond motifs is 1. The van der Waals surface area contributed by atoms with Gasteiger partial charge in [0.25, 0.3) is 5.91 Å². The van der Waals surface area contributed by atoms with Crippen LogP contribution in [0.4, 0.5) is 13.2 Å². The lowest BCUT2D eigenvalue weighted by molar-refractivity contribution is -0.137. The molecule has 1 amide bonds. The van der Waals surface area contributed by atoms with E-state index in [-0.39, 0.29) is 5.56 Å². The van der Waals surface area contributed by atoms with Gasteiger partial charge in [-0.2, -0.15) is 18.3 Å². The van der Waals surface area contributed by atoms with E-state index in [9.17, 15) is 18.0 Å². The van der Waals surface area contributed by atoms with Crippen LogP contribution in [0.2, 0.25) is 0 Å². The van der Waals surface area contributed by atoms with Gasteiger partial charge in [-0.25, -0.2) is 10.4 Å². The molecular weight excluding hydrogens is 433 g/mol. The Morgan fingerprint density at radius 1 is 1.12 bits per heavy atom. The molecule has 4 aromatic rings. The van der Waals surface area contributed by atoms with Gasteiger partial charge in [0.1, 0.15) is 11.6 Å². The molecule has 0 radical (unpaired) electrons. The molecule has 1 aromatic heterocycles. The van der Waals surface area contributed by atoms with E-state index in [4.69, 9.17) is 4.74 Å². The molecule has 168 valence electrons. The molecule has 3 aromatic carbocycles. The van der Waals surface area contributed by atoms with Crippen molar-refractivity contribution in [1.29, 1.82) is 0 Å². The summed E-state index contributed by atoms with van der Waals surface area (Å²) in [6, 6.07) is 17.3. The molecule has 1 heterocycles. The topological polar surface area (TPSA) is 79.4 Å². The van der Waals surface area contributed by atoms with Gasteiger partial charge in [-0.15, -0.1) is 0 Å². The number of carbonyl (C=O) groups is 1. The first-order chi connectivity index (χ1) is 15.8. The van der Waals surface area contributed by atoms with Crippen LogP contribution in [0.15, 0.2) is 71.8 Å². The molecule has 0 bridgehead atoms. The van der Waals surface area contributed by atoms with Gasteiger partial charge in [-0.3, -0.25) is 4.79 Å². The number of imidazole rings is 1. The van der Waals surface area contributed by atoms with Crippen LogP contribution in [0.3, 0.4) is 0 Å². The first-order valence-corrected chi connectivity index (χ1v) is 9.94. The van der Waals surface area contributed by atoms with E-state index in [1.165, 1.54) is 12.1 Å². The average Bonchev–Trinajstić information content (AvgIpc) is 3.20. The summed E-state index contributed by atoms with van der Waals surface area (Å²) in [4.78, 5) is 20.2. The van der Waals surface area contributed by atoms with Crippen molar-refractivity contribution in [3.05, 3.63) is 94.8 Å². The van der Waals surface area contributed by atoms with Gasteiger partial charge in [0.2, 0.25) is 0 Å². The lowest BCUT2D eigenvalue weighted by Gasteiger charge is -2.06. The minimum Gasteiger partial charge on any atom is -0.497 e. The van der Waals surface area contributed by atoms with Crippen LogP contribution in [-0.2, 0) is 12.6 Å². The third kappa shape index (κ3) is 5.38. The predicted octanol–water partition coefficient (Wildman–Crippen LogP) is 4.95. The molecule has 0 atom stereocenters. The second-order valence-electron chi connectivity index (χ2n) is 7.26. The summed E-state index contributed by atoms with van der Waals surface area (Å²) in [7, 11) is 1.61. The Kier molecular flexibility index (Phi) is 6.12. The fourth-order valence-corrected chi connectivity index (χ4v) is 3.25. The normalized spacial score (nSPS) is 11.8. The number of nitrogens with zero attached hydrogens (tertiary/aromatic N) is 2. The van der Waals surface area contributed by atoms with Gasteiger partial charge in [-0.1, -0.05) is 24.3 Å². The molecule has 0 spiro atoms. The molecule has 0 aliphatic carbocycles. The number of amides is 1. The van der Waals surface area contributed by atoms with Crippen LogP contribution >= 0.6 is 0 Å². The third-order valence-corrected chi connectivity index (χ3v) is 4.92. The van der Waals surface area contributed by atoms with Gasteiger partial charge in [0.05, 0.1) is 29.9 Å². The van der Waals surface area contributed by atoms with Gasteiger partial charge < -0.3 is 9.72 Å². The van der Waals surface area contributed by atoms with Crippen LogP contribution in [0.5, 0.6) is 5.75 Å². The Bertz CT molecular complexity index is 1310. The van der Waals surface area contributed by atoms with Gasteiger partial charge in [0.15, 0.2) is 0 Å². The number of nitrogens with one attached hydrogen (secondary N) is 2. The molecule has 6 nitrogen and oxygen atoms in total. The Hall–Kier alpha value is -4.14. The second-order valence-corrected chi connectivity index (χ2v) is 7.26. The fourth-order valence-electron chi connectivity index (χ4n) is 3.25. The maximum absolute atomic E-state index is 12.8. The van der Waals surface area contributed by atoms with Crippen molar-refractivity contribution < 1.29 is 22.7 Å². The number of rotatable bonds is 6. The fraction of sp³-hybridized carbons (Fsp3) is 0.125. The number of hydrazone groups is 1. The Morgan fingerprint density at radius 2 is 1.91 bits per heavy atom. The summed E-state index contributed by atoms with van der Waals surface area (Å²) in [5.41, 5.74) is 4.55. The Labute approximate surface area is 187 Å². The number of methoxy groups -OCH3 is 1. The predicted molar refractivity (Wildman–Crippen MR) is 118 cm³/mol. The van der Waals surface area contributed by atoms with E-state index in [1.54, 1.807) is 25.3 Å². The zero-order valence-electron chi connectivity index (χ0n) is 17.5. The van der Waals surface area contributed by atoms with Crippen molar-refractivity contribution in [1.82, 2.24) is 15.4 Å². The number of hydrogen-bond donors (Lipinski definition) is 2. The number of ether oxygens (including phenoxy) is 1. The van der Waals surface area contributed by atoms with E-state index in [0.29, 0.717) is 23.0 Å². The molecule has 0 saturated carbocycles. The molecular formula is C24H19F3N4O2. The van der Waals surface area contributed by atoms with E-state index >= 15 is 0 Å². The minimum atomic E-state index is -4.45. The van der Waals surface area contributed by atoms with Gasteiger partial charge in [-0.05, 0) is 53.6 Å². The number of benzene rings is 3. The monoisotopic (exact) mass is 452 g/mol. The van der Waals surface area contributed by atoms with Crippen LogP contribution in [0.1, 0.15) is 32.9 Å². The van der Waals surface area contributed by atoms with Crippen molar-refractivity contribution in [2.24, 2.45) is 5.10 Å². The highest BCUT2D eigenvalue weighted by Gasteiger charge is 2.30. The Balaban J connectivity index is 1.43. The van der Waals surface area contributed by atoms with E-state index in [0.717, 1.165) is 35.5 Å². The Morgan fingerprint density at radius 3 is 2.64 bits per heavy atom. The quantitative estimate of drug-likeness (QED) is 0.321. The molecule has 0 aliphatic rings. The maximum Gasteiger partial charge on any atom is 0.416 e. The standard InChI is InChI=1S/C24H19F3N4O2/c1-33-19-8-5-15(6-9-19)12-22-29-20-10-7-17(13-21(20)30-22)23(32)31-28-14-16-3-2-4-18(11-16)24(25,26)27/h2-11,13-14H,12H2,1H3,(H,29,30)(H,31,32)/b28-14-. The first-order valence-electron chi connectivity index (χ1n) is 9.94. The number of H-pyrrole nitrogens is 1. The highest BCUT2D eigenvalue weighted by atomic mass is 19.4. The van der Waals surface area contributed by atoms with Crippen molar-refractivity contribution in [3.63, 3.8) is 0 Å². The molecule has 4 rings (SSSR count). The first kappa shape index (κ1) is 22.1. The SMILES string of the molecule is COc1ccc(Cc2nc3ccc(C(=O)N/N=C\c4cccc(C(F)(F)F)c4)cc3[nH]2)cc1. The second kappa shape index (κ2) is 9.15. The highest BCUT2D eigenvalue weighted by molar-refractivity contribution is 5.97. The van der Waals surface area contributed by atoms with E-state index in [1.807, 2.05) is 24.3 Å². The smallest absolute Gasteiger partial charge is 0.416 e. The summed E-state index contributed by atoms with van der Waals surface area (Å²) in [6.45, 7) is 0. The van der Waals surface area contributed by atoms with Crippen molar-refractivity contribution in [3.8, 4) is 5.75 Å². The van der Waals surface area contributed by atoms with Crippen LogP contribution in [0.25, 0.3) is 11.0 Å². The maximum atomic E-state index is 12.8. The van der Waals surface area contributed by atoms with E-state index in [2.05, 4.69) is 20.5 Å². The van der Waals surface area contributed by atoms with Gasteiger partial charge >= 0.3 is 6.18 Å². The molecule has 2 N–H and O–H groups in total. The number of halogens is 3. The molecule has 0 fully saturated rings. The van der Waals surface area contributed by atoms with Crippen LogP contribution < -0.4 is 10.2 Å². The van der Waals surface area contributed by atoms with Crippen molar-refractivity contribution >= 4 is 23.2 Å². The molecule has 0 unspecified atom stereocenters. The third-order valence-electron chi connectivity index (χ3n) is 4.92. The average molecular weight is 452 g/mol. The summed E-state index contributed by atoms with van der Waals surface area (Å²) in [6.07, 6.45) is -2.70. The lowest BCUT2D eigenvalue weighted by Crippen LogP contribution is -2.17. The summed E-state index contributed by atoms with van der Waals surface area (Å²) in [5, 5.41) is 3.77. The summed E-state index contributed by atoms with van der Waals surface area (Å²) >= 11 is 0. The zero-order valence-corrected chi connectivity index (χ0v) is 17.5. The molecule has 0 aliphatic heterocycles. The summed E-state index contributed by atoms with van der Waals surface area (Å²) < 4.78 is 43.5. The number of carbonyl (C=O) groups excluding carboxylic acids is 1. The van der Waals surface area contributed by atoms with Gasteiger partial charge in [0, 0.05) is 12.0 Å². The largest absolute Gasteiger partial charge is 0.497 e. The molecule has 33 heavy (non-hydrogen) atoms. The minimum absolute atomic E-state index is 0.220.